The molecule has 0 fully saturated rings. The monoisotopic (exact) mass is 304 g/mol. The molecule has 1 heterocycles. The van der Waals surface area contributed by atoms with E-state index in [-0.39, 0.29) is 16.4 Å². The summed E-state index contributed by atoms with van der Waals surface area (Å²) in [6.45, 7) is 3.82. The molecule has 3 nitrogen and oxygen atoms in total. The second-order valence-electron chi connectivity index (χ2n) is 4.84. The van der Waals surface area contributed by atoms with Crippen molar-refractivity contribution < 1.29 is 18.0 Å². The summed E-state index contributed by atoms with van der Waals surface area (Å²) in [5.74, 6) is -0.785. The zero-order valence-corrected chi connectivity index (χ0v) is 12.2. The number of hydrogen-bond donors (Lipinski definition) is 0. The molecule has 0 unspecified atom stereocenters. The molecule has 110 valence electrons. The fraction of sp³-hybridized carbons (Fsp3) is 0.538. The van der Waals surface area contributed by atoms with Gasteiger partial charge in [0.05, 0.1) is 10.4 Å². The van der Waals surface area contributed by atoms with Gasteiger partial charge in [0.15, 0.2) is 0 Å². The third kappa shape index (κ3) is 4.23. The fourth-order valence-corrected chi connectivity index (χ4v) is 2.39. The molecule has 0 aliphatic heterocycles. The molecule has 1 rings (SSSR count). The van der Waals surface area contributed by atoms with Crippen LogP contribution in [0.25, 0.3) is 0 Å². The van der Waals surface area contributed by atoms with Crippen LogP contribution in [0.5, 0.6) is 0 Å². The Bertz CT molecular complexity index is 516. The molecule has 7 heteroatoms. The van der Waals surface area contributed by atoms with E-state index in [1.54, 1.807) is 20.8 Å². The highest BCUT2D eigenvalue weighted by Gasteiger charge is 2.36. The van der Waals surface area contributed by atoms with Gasteiger partial charge in [0, 0.05) is 11.4 Å². The molecule has 20 heavy (non-hydrogen) atoms. The summed E-state index contributed by atoms with van der Waals surface area (Å²) in [7, 11) is 0. The van der Waals surface area contributed by atoms with Gasteiger partial charge in [-0.2, -0.15) is 18.4 Å². The molecule has 0 aliphatic rings. The molecule has 1 aromatic rings. The van der Waals surface area contributed by atoms with E-state index in [4.69, 9.17) is 5.26 Å². The molecular weight excluding hydrogens is 289 g/mol. The van der Waals surface area contributed by atoms with E-state index in [1.165, 1.54) is 11.4 Å². The van der Waals surface area contributed by atoms with E-state index in [1.807, 2.05) is 6.07 Å². The van der Waals surface area contributed by atoms with Crippen LogP contribution < -0.4 is 0 Å². The van der Waals surface area contributed by atoms with Crippen LogP contribution in [0.15, 0.2) is 11.4 Å². The van der Waals surface area contributed by atoms with Crippen LogP contribution in [0.3, 0.4) is 0 Å². The zero-order valence-electron chi connectivity index (χ0n) is 11.4. The maximum absolute atomic E-state index is 12.6. The Morgan fingerprint density at radius 3 is 2.45 bits per heavy atom. The van der Waals surface area contributed by atoms with Crippen LogP contribution in [0, 0.1) is 17.2 Å². The Morgan fingerprint density at radius 1 is 1.45 bits per heavy atom. The average molecular weight is 304 g/mol. The van der Waals surface area contributed by atoms with Crippen LogP contribution in [0.2, 0.25) is 0 Å². The minimum atomic E-state index is -4.45. The molecule has 0 spiro atoms. The predicted octanol–water partition coefficient (Wildman–Crippen LogP) is 3.67. The Labute approximate surface area is 119 Å². The van der Waals surface area contributed by atoms with Crippen molar-refractivity contribution in [3.63, 3.8) is 0 Å². The third-order valence-electron chi connectivity index (χ3n) is 3.01. The molecule has 1 amide bonds. The predicted molar refractivity (Wildman–Crippen MR) is 70.4 cm³/mol. The topological polar surface area (TPSA) is 44.1 Å². The van der Waals surface area contributed by atoms with Crippen molar-refractivity contribution in [2.75, 3.05) is 6.54 Å². The summed E-state index contributed by atoms with van der Waals surface area (Å²) in [4.78, 5) is 13.2. The number of nitriles is 1. The summed E-state index contributed by atoms with van der Waals surface area (Å²) < 4.78 is 37.9. The number of hydrogen-bond acceptors (Lipinski definition) is 3. The van der Waals surface area contributed by atoms with Crippen molar-refractivity contribution in [2.24, 2.45) is 5.92 Å². The molecule has 0 N–H and O–H groups in total. The molecule has 0 saturated heterocycles. The SMILES string of the molecule is CC(C)[C@H](C)N(CC(F)(F)F)C(=O)c1cc(C#N)cs1. The standard InChI is InChI=1S/C13H15F3N2OS/c1-8(2)9(3)18(7-13(14,15)16)12(19)11-4-10(5-17)6-20-11/h4,6,8-9H,7H2,1-3H3/t9-/m0/s1. The molecule has 0 aromatic carbocycles. The van der Waals surface area contributed by atoms with Crippen molar-refractivity contribution in [2.45, 2.75) is 33.0 Å². The molecule has 0 aliphatic carbocycles. The van der Waals surface area contributed by atoms with Crippen molar-refractivity contribution in [3.05, 3.63) is 21.9 Å². The van der Waals surface area contributed by atoms with Gasteiger partial charge < -0.3 is 4.90 Å². The number of halogens is 3. The lowest BCUT2D eigenvalue weighted by atomic mass is 10.0. The fourth-order valence-electron chi connectivity index (χ4n) is 1.60. The molecule has 1 aromatic heterocycles. The average Bonchev–Trinajstić information content (AvgIpc) is 2.81. The maximum Gasteiger partial charge on any atom is 0.406 e. The van der Waals surface area contributed by atoms with Crippen molar-refractivity contribution in [1.82, 2.24) is 4.90 Å². The van der Waals surface area contributed by atoms with Gasteiger partial charge in [-0.15, -0.1) is 11.3 Å². The van der Waals surface area contributed by atoms with Crippen molar-refractivity contribution in [1.29, 1.82) is 5.26 Å². The maximum atomic E-state index is 12.6. The molecule has 1 atom stereocenters. The number of thiophene rings is 1. The Kier molecular flexibility index (Phi) is 5.17. The highest BCUT2D eigenvalue weighted by Crippen LogP contribution is 2.24. The van der Waals surface area contributed by atoms with Gasteiger partial charge in [-0.25, -0.2) is 0 Å². The lowest BCUT2D eigenvalue weighted by Crippen LogP contribution is -2.46. The number of nitrogens with zero attached hydrogens (tertiary/aromatic N) is 2. The summed E-state index contributed by atoms with van der Waals surface area (Å²) >= 11 is 0.985. The van der Waals surface area contributed by atoms with Gasteiger partial charge in [-0.05, 0) is 18.9 Å². The van der Waals surface area contributed by atoms with E-state index in [9.17, 15) is 18.0 Å². The summed E-state index contributed by atoms with van der Waals surface area (Å²) in [5, 5.41) is 10.2. The first-order valence-electron chi connectivity index (χ1n) is 6.02. The summed E-state index contributed by atoms with van der Waals surface area (Å²) in [6, 6.07) is 2.64. The Hall–Kier alpha value is -1.55. The molecule has 0 radical (unpaired) electrons. The van der Waals surface area contributed by atoms with E-state index in [0.717, 1.165) is 16.2 Å². The number of carbonyl (C=O) groups excluding carboxylic acids is 1. The van der Waals surface area contributed by atoms with Crippen LogP contribution in [-0.4, -0.2) is 29.6 Å². The van der Waals surface area contributed by atoms with Gasteiger partial charge in [0.2, 0.25) is 0 Å². The second kappa shape index (κ2) is 6.27. The van der Waals surface area contributed by atoms with Crippen LogP contribution in [0.4, 0.5) is 13.2 Å². The molecule has 0 saturated carbocycles. The normalized spacial score (nSPS) is 13.1. The minimum absolute atomic E-state index is 0.100. The zero-order chi connectivity index (χ0) is 15.5. The summed E-state index contributed by atoms with van der Waals surface area (Å²) in [6.07, 6.45) is -4.45. The lowest BCUT2D eigenvalue weighted by molar-refractivity contribution is -0.145. The lowest BCUT2D eigenvalue weighted by Gasteiger charge is -2.32. The highest BCUT2D eigenvalue weighted by atomic mass is 32.1. The second-order valence-corrected chi connectivity index (χ2v) is 5.76. The van der Waals surface area contributed by atoms with Crippen LogP contribution in [-0.2, 0) is 0 Å². The van der Waals surface area contributed by atoms with Crippen molar-refractivity contribution >= 4 is 17.2 Å². The van der Waals surface area contributed by atoms with Crippen molar-refractivity contribution in [3.8, 4) is 6.07 Å². The number of amides is 1. The smallest absolute Gasteiger partial charge is 0.326 e. The van der Waals surface area contributed by atoms with Gasteiger partial charge in [0.1, 0.15) is 12.6 Å². The number of carbonyl (C=O) groups is 1. The third-order valence-corrected chi connectivity index (χ3v) is 3.92. The minimum Gasteiger partial charge on any atom is -0.326 e. The largest absolute Gasteiger partial charge is 0.406 e. The first-order chi connectivity index (χ1) is 9.15. The highest BCUT2D eigenvalue weighted by molar-refractivity contribution is 7.12. The first-order valence-corrected chi connectivity index (χ1v) is 6.90. The van der Waals surface area contributed by atoms with E-state index in [2.05, 4.69) is 0 Å². The van der Waals surface area contributed by atoms with Crippen LogP contribution >= 0.6 is 11.3 Å². The van der Waals surface area contributed by atoms with E-state index in [0.29, 0.717) is 0 Å². The first kappa shape index (κ1) is 16.5. The van der Waals surface area contributed by atoms with Gasteiger partial charge >= 0.3 is 6.18 Å². The van der Waals surface area contributed by atoms with Gasteiger partial charge in [-0.3, -0.25) is 4.79 Å². The quantitative estimate of drug-likeness (QED) is 0.852. The number of rotatable bonds is 4. The van der Waals surface area contributed by atoms with E-state index >= 15 is 0 Å². The molecular formula is C13H15F3N2OS. The van der Waals surface area contributed by atoms with E-state index < -0.39 is 24.7 Å². The Balaban J connectivity index is 3.03. The van der Waals surface area contributed by atoms with Gasteiger partial charge in [0.25, 0.3) is 5.91 Å². The van der Waals surface area contributed by atoms with Crippen LogP contribution in [0.1, 0.15) is 36.0 Å². The van der Waals surface area contributed by atoms with Gasteiger partial charge in [-0.1, -0.05) is 13.8 Å². The number of alkyl halides is 3. The molecule has 0 bridgehead atoms. The Morgan fingerprint density at radius 2 is 2.05 bits per heavy atom. The summed E-state index contributed by atoms with van der Waals surface area (Å²) in [5.41, 5.74) is 0.280.